The number of nitrogens with zero attached hydrogens (tertiary/aromatic N) is 5. The summed E-state index contributed by atoms with van der Waals surface area (Å²) in [6.07, 6.45) is 3.18. The lowest BCUT2D eigenvalue weighted by Gasteiger charge is -2.26. The predicted molar refractivity (Wildman–Crippen MR) is 93.2 cm³/mol. The molecule has 1 saturated heterocycles. The molecular weight excluding hydrogens is 308 g/mol. The summed E-state index contributed by atoms with van der Waals surface area (Å²) >= 11 is 0. The second-order valence-electron chi connectivity index (χ2n) is 6.04. The third kappa shape index (κ3) is 2.94. The van der Waals surface area contributed by atoms with E-state index < -0.39 is 4.92 Å². The molecule has 1 aliphatic heterocycles. The molecule has 1 unspecified atom stereocenters. The van der Waals surface area contributed by atoms with E-state index in [1.54, 1.807) is 0 Å². The molecule has 0 radical (unpaired) electrons. The maximum Gasteiger partial charge on any atom is 0.329 e. The highest BCUT2D eigenvalue weighted by Crippen LogP contribution is 2.36. The summed E-state index contributed by atoms with van der Waals surface area (Å²) in [5.41, 5.74) is 7.76. The molecule has 1 aliphatic rings. The van der Waals surface area contributed by atoms with Crippen molar-refractivity contribution in [3.05, 3.63) is 46.1 Å². The van der Waals surface area contributed by atoms with Crippen molar-refractivity contribution in [2.24, 2.45) is 0 Å². The summed E-state index contributed by atoms with van der Waals surface area (Å²) in [6, 6.07) is 8.48. The smallest absolute Gasteiger partial charge is 0.329 e. The average Bonchev–Trinajstić information content (AvgIpc) is 3.04. The molecule has 1 fully saturated rings. The van der Waals surface area contributed by atoms with E-state index >= 15 is 0 Å². The minimum atomic E-state index is -0.568. The lowest BCUT2D eigenvalue weighted by Crippen LogP contribution is -2.25. The van der Waals surface area contributed by atoms with Gasteiger partial charge < -0.3 is 15.5 Å². The van der Waals surface area contributed by atoms with Crippen molar-refractivity contribution < 1.29 is 4.92 Å². The zero-order valence-electron chi connectivity index (χ0n) is 13.7. The van der Waals surface area contributed by atoms with E-state index in [0.29, 0.717) is 5.95 Å². The molecule has 126 valence electrons. The van der Waals surface area contributed by atoms with Crippen LogP contribution in [0.25, 0.3) is 0 Å². The third-order valence-corrected chi connectivity index (χ3v) is 4.26. The molecule has 1 aromatic carbocycles. The van der Waals surface area contributed by atoms with Gasteiger partial charge in [-0.15, -0.1) is 0 Å². The van der Waals surface area contributed by atoms with E-state index in [0.717, 1.165) is 25.1 Å². The van der Waals surface area contributed by atoms with Crippen LogP contribution in [0.3, 0.4) is 0 Å². The van der Waals surface area contributed by atoms with Gasteiger partial charge in [-0.2, -0.15) is 4.98 Å². The van der Waals surface area contributed by atoms with E-state index in [9.17, 15) is 10.1 Å². The molecule has 0 amide bonds. The van der Waals surface area contributed by atoms with E-state index in [4.69, 9.17) is 5.73 Å². The highest BCUT2D eigenvalue weighted by atomic mass is 16.6. The largest absolute Gasteiger partial charge is 0.378 e. The number of benzene rings is 1. The standard InChI is InChI=1S/C16H20N6O2/c1-20(2)12-6-3-5-11(9-12)13-7-4-8-21(13)16-18-10-14(22(23)24)15(17)19-16/h3,5-6,9-10,13H,4,7-8H2,1-2H3,(H2,17,18,19). The zero-order valence-corrected chi connectivity index (χ0v) is 13.7. The van der Waals surface area contributed by atoms with Gasteiger partial charge in [-0.05, 0) is 30.5 Å². The molecule has 1 aromatic heterocycles. The predicted octanol–water partition coefficient (Wildman–Crippen LogP) is 2.37. The van der Waals surface area contributed by atoms with Crippen LogP contribution < -0.4 is 15.5 Å². The van der Waals surface area contributed by atoms with Crippen molar-refractivity contribution in [3.63, 3.8) is 0 Å². The first-order chi connectivity index (χ1) is 11.5. The normalized spacial score (nSPS) is 17.1. The van der Waals surface area contributed by atoms with E-state index in [2.05, 4.69) is 38.0 Å². The van der Waals surface area contributed by atoms with Crippen LogP contribution in [0.5, 0.6) is 0 Å². The number of nitro groups is 1. The van der Waals surface area contributed by atoms with Gasteiger partial charge in [-0.1, -0.05) is 12.1 Å². The second kappa shape index (κ2) is 6.31. The van der Waals surface area contributed by atoms with E-state index in [1.165, 1.54) is 11.8 Å². The molecule has 2 aromatic rings. The molecule has 0 aliphatic carbocycles. The third-order valence-electron chi connectivity index (χ3n) is 4.26. The number of nitrogen functional groups attached to an aromatic ring is 1. The Morgan fingerprint density at radius 2 is 2.21 bits per heavy atom. The Morgan fingerprint density at radius 1 is 1.42 bits per heavy atom. The fraction of sp³-hybridized carbons (Fsp3) is 0.375. The number of anilines is 3. The Morgan fingerprint density at radius 3 is 2.88 bits per heavy atom. The lowest BCUT2D eigenvalue weighted by molar-refractivity contribution is -0.384. The fourth-order valence-corrected chi connectivity index (χ4v) is 3.02. The number of nitrogens with two attached hydrogens (primary N) is 1. The summed E-state index contributed by atoms with van der Waals surface area (Å²) in [7, 11) is 4.01. The van der Waals surface area contributed by atoms with Gasteiger partial charge in [0.1, 0.15) is 6.20 Å². The Balaban J connectivity index is 1.92. The molecule has 0 spiro atoms. The fourth-order valence-electron chi connectivity index (χ4n) is 3.02. The Labute approximate surface area is 140 Å². The van der Waals surface area contributed by atoms with Crippen molar-refractivity contribution in [1.29, 1.82) is 0 Å². The highest BCUT2D eigenvalue weighted by Gasteiger charge is 2.29. The molecule has 1 atom stereocenters. The zero-order chi connectivity index (χ0) is 17.3. The van der Waals surface area contributed by atoms with E-state index in [-0.39, 0.29) is 17.5 Å². The first kappa shape index (κ1) is 16.0. The summed E-state index contributed by atoms with van der Waals surface area (Å²) in [5.74, 6) is 0.341. The summed E-state index contributed by atoms with van der Waals surface area (Å²) in [6.45, 7) is 0.800. The van der Waals surface area contributed by atoms with Gasteiger partial charge in [0.2, 0.25) is 11.8 Å². The van der Waals surface area contributed by atoms with Gasteiger partial charge in [0.05, 0.1) is 11.0 Å². The van der Waals surface area contributed by atoms with Gasteiger partial charge in [-0.25, -0.2) is 4.98 Å². The van der Waals surface area contributed by atoms with Crippen molar-refractivity contribution in [2.75, 3.05) is 36.2 Å². The SMILES string of the molecule is CN(C)c1cccc(C2CCCN2c2ncc([N+](=O)[O-])c(N)n2)c1. The highest BCUT2D eigenvalue weighted by molar-refractivity contribution is 5.55. The van der Waals surface area contributed by atoms with Crippen LogP contribution in [-0.2, 0) is 0 Å². The van der Waals surface area contributed by atoms with Crippen LogP contribution in [0.2, 0.25) is 0 Å². The van der Waals surface area contributed by atoms with Gasteiger partial charge in [-0.3, -0.25) is 10.1 Å². The molecule has 2 heterocycles. The first-order valence-electron chi connectivity index (χ1n) is 7.78. The van der Waals surface area contributed by atoms with Crippen molar-refractivity contribution in [3.8, 4) is 0 Å². The van der Waals surface area contributed by atoms with Crippen LogP contribution in [0, 0.1) is 10.1 Å². The minimum absolute atomic E-state index is 0.0994. The maximum atomic E-state index is 10.9. The number of aromatic nitrogens is 2. The minimum Gasteiger partial charge on any atom is -0.378 e. The summed E-state index contributed by atoms with van der Waals surface area (Å²) in [5, 5.41) is 10.9. The van der Waals surface area contributed by atoms with Gasteiger partial charge in [0.15, 0.2) is 0 Å². The number of hydrogen-bond acceptors (Lipinski definition) is 7. The van der Waals surface area contributed by atoms with Gasteiger partial charge in [0.25, 0.3) is 0 Å². The Hall–Kier alpha value is -2.90. The van der Waals surface area contributed by atoms with Crippen LogP contribution >= 0.6 is 0 Å². The van der Waals surface area contributed by atoms with Crippen molar-refractivity contribution in [1.82, 2.24) is 9.97 Å². The van der Waals surface area contributed by atoms with Crippen molar-refractivity contribution >= 4 is 23.1 Å². The molecule has 24 heavy (non-hydrogen) atoms. The summed E-state index contributed by atoms with van der Waals surface area (Å²) in [4.78, 5) is 22.7. The summed E-state index contributed by atoms with van der Waals surface area (Å²) < 4.78 is 0. The molecule has 8 nitrogen and oxygen atoms in total. The quantitative estimate of drug-likeness (QED) is 0.679. The van der Waals surface area contributed by atoms with Crippen LogP contribution in [0.15, 0.2) is 30.5 Å². The molecule has 0 saturated carbocycles. The van der Waals surface area contributed by atoms with Crippen LogP contribution in [0.1, 0.15) is 24.4 Å². The molecule has 0 bridgehead atoms. The molecule has 2 N–H and O–H groups in total. The van der Waals surface area contributed by atoms with Gasteiger partial charge in [0, 0.05) is 26.3 Å². The Bertz CT molecular complexity index is 764. The Kier molecular flexibility index (Phi) is 4.20. The molecule has 8 heteroatoms. The van der Waals surface area contributed by atoms with Crippen LogP contribution in [-0.4, -0.2) is 35.5 Å². The van der Waals surface area contributed by atoms with E-state index in [1.807, 2.05) is 20.2 Å². The monoisotopic (exact) mass is 328 g/mol. The number of hydrogen-bond donors (Lipinski definition) is 1. The molecular formula is C16H20N6O2. The van der Waals surface area contributed by atoms with Crippen LogP contribution in [0.4, 0.5) is 23.1 Å². The average molecular weight is 328 g/mol. The van der Waals surface area contributed by atoms with Gasteiger partial charge >= 0.3 is 5.69 Å². The van der Waals surface area contributed by atoms with Crippen molar-refractivity contribution in [2.45, 2.75) is 18.9 Å². The topological polar surface area (TPSA) is 101 Å². The maximum absolute atomic E-state index is 10.9. The first-order valence-corrected chi connectivity index (χ1v) is 7.78. The molecule has 3 rings (SSSR count). The number of rotatable bonds is 4. The second-order valence-corrected chi connectivity index (χ2v) is 6.04. The lowest BCUT2D eigenvalue weighted by atomic mass is 10.0.